The van der Waals surface area contributed by atoms with Gasteiger partial charge < -0.3 is 15.1 Å². The summed E-state index contributed by atoms with van der Waals surface area (Å²) >= 11 is 0. The largest absolute Gasteiger partial charge is 0.355 e. The third-order valence-corrected chi connectivity index (χ3v) is 6.16. The maximum absolute atomic E-state index is 13.2. The molecule has 0 saturated carbocycles. The van der Waals surface area contributed by atoms with Crippen LogP contribution in [0.4, 0.5) is 21.6 Å². The molecule has 2 amide bonds. The van der Waals surface area contributed by atoms with Crippen molar-refractivity contribution in [2.45, 2.75) is 19.3 Å². The van der Waals surface area contributed by atoms with Gasteiger partial charge in [0.1, 0.15) is 5.82 Å². The molecule has 0 bridgehead atoms. The summed E-state index contributed by atoms with van der Waals surface area (Å²) in [4.78, 5) is 28.9. The maximum atomic E-state index is 13.2. The number of rotatable bonds is 5. The molecule has 7 nitrogen and oxygen atoms in total. The molecule has 0 radical (unpaired) electrons. The zero-order valence-corrected chi connectivity index (χ0v) is 18.1. The lowest BCUT2D eigenvalue weighted by atomic mass is 10.1. The Labute approximate surface area is 191 Å². The van der Waals surface area contributed by atoms with E-state index < -0.39 is 5.92 Å². The number of halogens is 1. The van der Waals surface area contributed by atoms with Crippen molar-refractivity contribution in [1.29, 1.82) is 0 Å². The zero-order chi connectivity index (χ0) is 22.8. The fourth-order valence-electron chi connectivity index (χ4n) is 4.32. The van der Waals surface area contributed by atoms with Gasteiger partial charge in [-0.15, -0.1) is 10.2 Å². The van der Waals surface area contributed by atoms with Crippen molar-refractivity contribution >= 4 is 29.0 Å². The molecule has 168 valence electrons. The van der Waals surface area contributed by atoms with Crippen LogP contribution in [-0.4, -0.2) is 41.6 Å². The number of amides is 2. The molecule has 1 N–H and O–H groups in total. The van der Waals surface area contributed by atoms with Gasteiger partial charge in [0.2, 0.25) is 11.8 Å². The predicted octanol–water partition coefficient (Wildman–Crippen LogP) is 3.87. The Kier molecular flexibility index (Phi) is 5.73. The summed E-state index contributed by atoms with van der Waals surface area (Å²) in [6.07, 6.45) is 2.51. The molecule has 2 aliphatic rings. The molecule has 3 aromatic rings. The van der Waals surface area contributed by atoms with Crippen molar-refractivity contribution in [3.05, 3.63) is 66.5 Å². The van der Waals surface area contributed by atoms with Gasteiger partial charge in [-0.25, -0.2) is 4.39 Å². The van der Waals surface area contributed by atoms with E-state index in [0.29, 0.717) is 11.4 Å². The minimum Gasteiger partial charge on any atom is -0.355 e. The molecule has 1 aromatic heterocycles. The summed E-state index contributed by atoms with van der Waals surface area (Å²) < 4.78 is 13.2. The number of nitrogens with one attached hydrogen (secondary N) is 1. The number of nitrogens with zero attached hydrogens (tertiary/aromatic N) is 4. The highest BCUT2D eigenvalue weighted by molar-refractivity contribution is 6.03. The van der Waals surface area contributed by atoms with Crippen molar-refractivity contribution in [2.75, 3.05) is 34.8 Å². The lowest BCUT2D eigenvalue weighted by molar-refractivity contribution is -0.122. The Hall–Kier alpha value is -3.81. The van der Waals surface area contributed by atoms with Crippen molar-refractivity contribution < 1.29 is 14.0 Å². The third kappa shape index (κ3) is 4.55. The van der Waals surface area contributed by atoms with E-state index in [2.05, 4.69) is 20.4 Å². The Bertz CT molecular complexity index is 1140. The van der Waals surface area contributed by atoms with Crippen LogP contribution in [0.25, 0.3) is 11.3 Å². The van der Waals surface area contributed by atoms with E-state index in [-0.39, 0.29) is 30.6 Å². The number of carbonyl (C=O) groups excluding carboxylic acids is 2. The van der Waals surface area contributed by atoms with Crippen LogP contribution in [0.3, 0.4) is 0 Å². The molecular weight excluding hydrogens is 421 g/mol. The fraction of sp³-hybridized carbons (Fsp3) is 0.280. The van der Waals surface area contributed by atoms with Gasteiger partial charge in [-0.2, -0.15) is 0 Å². The highest BCUT2D eigenvalue weighted by Crippen LogP contribution is 2.27. The van der Waals surface area contributed by atoms with E-state index in [0.717, 1.165) is 30.2 Å². The standard InChI is InChI=1S/C25H24FN5O2/c26-19-5-9-21(10-6-19)31-16-18(15-24(31)32)25(33)27-20-7-3-17(4-8-20)22-11-12-23(29-28-22)30-13-1-2-14-30/h3-12,18H,1-2,13-16H2,(H,27,33). The summed E-state index contributed by atoms with van der Waals surface area (Å²) in [6.45, 7) is 2.32. The van der Waals surface area contributed by atoms with E-state index in [9.17, 15) is 14.0 Å². The monoisotopic (exact) mass is 445 g/mol. The van der Waals surface area contributed by atoms with Crippen molar-refractivity contribution in [3.8, 4) is 11.3 Å². The average molecular weight is 445 g/mol. The Balaban J connectivity index is 1.21. The summed E-state index contributed by atoms with van der Waals surface area (Å²) in [5.41, 5.74) is 2.93. The smallest absolute Gasteiger partial charge is 0.229 e. The highest BCUT2D eigenvalue weighted by atomic mass is 19.1. The number of aromatic nitrogens is 2. The van der Waals surface area contributed by atoms with E-state index in [4.69, 9.17) is 0 Å². The minimum absolute atomic E-state index is 0.125. The topological polar surface area (TPSA) is 78.4 Å². The maximum Gasteiger partial charge on any atom is 0.229 e. The molecule has 0 aliphatic carbocycles. The van der Waals surface area contributed by atoms with Gasteiger partial charge in [-0.1, -0.05) is 12.1 Å². The van der Waals surface area contributed by atoms with Crippen molar-refractivity contribution in [3.63, 3.8) is 0 Å². The first-order valence-electron chi connectivity index (χ1n) is 11.1. The molecule has 1 unspecified atom stereocenters. The minimum atomic E-state index is -0.466. The van der Waals surface area contributed by atoms with Gasteiger partial charge in [0.05, 0.1) is 11.6 Å². The SMILES string of the molecule is O=C(Nc1ccc(-c2ccc(N3CCCC3)nn2)cc1)C1CC(=O)N(c2ccc(F)cc2)C1. The van der Waals surface area contributed by atoms with Crippen LogP contribution in [0.5, 0.6) is 0 Å². The van der Waals surface area contributed by atoms with Crippen LogP contribution >= 0.6 is 0 Å². The van der Waals surface area contributed by atoms with E-state index in [1.807, 2.05) is 36.4 Å². The van der Waals surface area contributed by atoms with Crippen LogP contribution in [0.1, 0.15) is 19.3 Å². The first kappa shape index (κ1) is 21.1. The van der Waals surface area contributed by atoms with Crippen LogP contribution in [0.15, 0.2) is 60.7 Å². The molecule has 5 rings (SSSR count). The summed E-state index contributed by atoms with van der Waals surface area (Å²) in [7, 11) is 0. The lowest BCUT2D eigenvalue weighted by Gasteiger charge is -2.16. The Morgan fingerprint density at radius 3 is 2.33 bits per heavy atom. The van der Waals surface area contributed by atoms with Gasteiger partial charge in [0, 0.05) is 43.0 Å². The van der Waals surface area contributed by atoms with Gasteiger partial charge in [-0.05, 0) is 61.4 Å². The quantitative estimate of drug-likeness (QED) is 0.645. The van der Waals surface area contributed by atoms with Crippen molar-refractivity contribution in [2.24, 2.45) is 5.92 Å². The molecule has 33 heavy (non-hydrogen) atoms. The van der Waals surface area contributed by atoms with Gasteiger partial charge in [0.15, 0.2) is 5.82 Å². The van der Waals surface area contributed by atoms with E-state index >= 15 is 0 Å². The second-order valence-electron chi connectivity index (χ2n) is 8.42. The number of hydrogen-bond acceptors (Lipinski definition) is 5. The second-order valence-corrected chi connectivity index (χ2v) is 8.42. The van der Waals surface area contributed by atoms with E-state index in [1.165, 1.54) is 29.9 Å². The molecule has 8 heteroatoms. The first-order valence-corrected chi connectivity index (χ1v) is 11.1. The number of hydrogen-bond donors (Lipinski definition) is 1. The van der Waals surface area contributed by atoms with Gasteiger partial charge >= 0.3 is 0 Å². The molecule has 0 spiro atoms. The van der Waals surface area contributed by atoms with Crippen LogP contribution in [-0.2, 0) is 9.59 Å². The predicted molar refractivity (Wildman–Crippen MR) is 124 cm³/mol. The zero-order valence-electron chi connectivity index (χ0n) is 18.1. The molecule has 2 aromatic carbocycles. The fourth-order valence-corrected chi connectivity index (χ4v) is 4.32. The second kappa shape index (κ2) is 8.97. The van der Waals surface area contributed by atoms with Gasteiger partial charge in [0.25, 0.3) is 0 Å². The number of benzene rings is 2. The Morgan fingerprint density at radius 1 is 0.939 bits per heavy atom. The third-order valence-electron chi connectivity index (χ3n) is 6.16. The number of carbonyl (C=O) groups is 2. The molecule has 2 aliphatic heterocycles. The average Bonchev–Trinajstić information content (AvgIpc) is 3.51. The summed E-state index contributed by atoms with van der Waals surface area (Å²) in [5, 5.41) is 11.6. The normalized spacial score (nSPS) is 18.1. The first-order chi connectivity index (χ1) is 16.1. The Morgan fingerprint density at radius 2 is 1.67 bits per heavy atom. The van der Waals surface area contributed by atoms with Crippen LogP contribution in [0.2, 0.25) is 0 Å². The van der Waals surface area contributed by atoms with Crippen molar-refractivity contribution in [1.82, 2.24) is 10.2 Å². The molecule has 1 atom stereocenters. The molecule has 2 saturated heterocycles. The van der Waals surface area contributed by atoms with Crippen LogP contribution < -0.4 is 15.1 Å². The molecule has 3 heterocycles. The van der Waals surface area contributed by atoms with Gasteiger partial charge in [-0.3, -0.25) is 9.59 Å². The molecular formula is C25H24FN5O2. The highest BCUT2D eigenvalue weighted by Gasteiger charge is 2.35. The lowest BCUT2D eigenvalue weighted by Crippen LogP contribution is -2.28. The number of anilines is 3. The molecule has 2 fully saturated rings. The summed E-state index contributed by atoms with van der Waals surface area (Å²) in [6, 6.07) is 17.1. The summed E-state index contributed by atoms with van der Waals surface area (Å²) in [5.74, 6) is -0.285. The van der Waals surface area contributed by atoms with E-state index in [1.54, 1.807) is 12.1 Å². The van der Waals surface area contributed by atoms with Crippen LogP contribution in [0, 0.1) is 11.7 Å².